The van der Waals surface area contributed by atoms with Gasteiger partial charge in [0.2, 0.25) is 11.8 Å². The van der Waals surface area contributed by atoms with Crippen LogP contribution in [-0.2, 0) is 22.4 Å². The quantitative estimate of drug-likeness (QED) is 0.0787. The zero-order valence-electron chi connectivity index (χ0n) is 26.0. The first-order chi connectivity index (χ1) is 23.3. The molecular weight excluding hydrogens is 687 g/mol. The van der Waals surface area contributed by atoms with Crippen molar-refractivity contribution in [3.05, 3.63) is 141 Å². The van der Waals surface area contributed by atoms with Gasteiger partial charge < -0.3 is 21.3 Å². The fourth-order valence-corrected chi connectivity index (χ4v) is 7.06. The normalized spacial score (nSPS) is 12.0. The first kappa shape index (κ1) is 36.9. The summed E-state index contributed by atoms with van der Waals surface area (Å²) >= 11 is 12.0. The zero-order valence-corrected chi connectivity index (χ0v) is 29.1. The Hall–Kier alpha value is -3.96. The Balaban J connectivity index is 1.36. The molecule has 48 heavy (non-hydrogen) atoms. The van der Waals surface area contributed by atoms with E-state index in [0.29, 0.717) is 47.1 Å². The first-order valence-electron chi connectivity index (χ1n) is 15.3. The van der Waals surface area contributed by atoms with Crippen molar-refractivity contribution in [2.75, 3.05) is 24.6 Å². The van der Waals surface area contributed by atoms with Gasteiger partial charge in [0.15, 0.2) is 0 Å². The Kier molecular flexibility index (Phi) is 15.2. The molecule has 0 saturated carbocycles. The lowest BCUT2D eigenvalue weighted by Crippen LogP contribution is -2.49. The van der Waals surface area contributed by atoms with Crippen molar-refractivity contribution in [2.24, 2.45) is 0 Å². The van der Waals surface area contributed by atoms with E-state index in [4.69, 9.17) is 23.2 Å². The topological polar surface area (TPSA) is 116 Å². The summed E-state index contributed by atoms with van der Waals surface area (Å²) < 4.78 is 0. The number of hydrogen-bond donors (Lipinski definition) is 4. The van der Waals surface area contributed by atoms with Gasteiger partial charge in [-0.2, -0.15) is 0 Å². The molecule has 0 spiro atoms. The van der Waals surface area contributed by atoms with Gasteiger partial charge in [-0.1, -0.05) is 105 Å². The molecule has 0 bridgehead atoms. The van der Waals surface area contributed by atoms with Crippen molar-refractivity contribution in [3.63, 3.8) is 0 Å². The monoisotopic (exact) mass is 722 g/mol. The summed E-state index contributed by atoms with van der Waals surface area (Å²) in [5.41, 5.74) is 2.91. The molecule has 0 heterocycles. The molecule has 0 unspecified atom stereocenters. The fraction of sp³-hybridized carbons (Fsp3) is 0.222. The third kappa shape index (κ3) is 12.6. The Bertz CT molecular complexity index is 1510. The van der Waals surface area contributed by atoms with Crippen molar-refractivity contribution in [1.82, 2.24) is 21.3 Å². The Labute approximate surface area is 298 Å². The fourth-order valence-electron chi connectivity index (χ4n) is 4.48. The Morgan fingerprint density at radius 3 is 1.23 bits per heavy atom. The second-order valence-electron chi connectivity index (χ2n) is 10.7. The summed E-state index contributed by atoms with van der Waals surface area (Å²) in [5.74, 6) is -1.04. The average Bonchev–Trinajstić information content (AvgIpc) is 3.10. The smallest absolute Gasteiger partial charge is 0.251 e. The van der Waals surface area contributed by atoms with E-state index in [1.807, 2.05) is 60.7 Å². The highest BCUT2D eigenvalue weighted by molar-refractivity contribution is 8.76. The molecule has 8 nitrogen and oxygen atoms in total. The minimum Gasteiger partial charge on any atom is -0.354 e. The van der Waals surface area contributed by atoms with Gasteiger partial charge >= 0.3 is 0 Å². The lowest BCUT2D eigenvalue weighted by Gasteiger charge is -2.20. The summed E-state index contributed by atoms with van der Waals surface area (Å²) in [7, 11) is 2.64. The molecule has 0 fully saturated rings. The van der Waals surface area contributed by atoms with Gasteiger partial charge in [0.05, 0.1) is 0 Å². The lowest BCUT2D eigenvalue weighted by molar-refractivity contribution is -0.123. The SMILES string of the molecule is O=C(N[C@@H](CSSC[C@H](NC(=O)c1ccc(Cl)cc1)C(=O)NCCc1ccccc1)C(=O)NCCc1ccccc1)c1ccc(Cl)cc1. The highest BCUT2D eigenvalue weighted by Crippen LogP contribution is 2.24. The van der Waals surface area contributed by atoms with Gasteiger partial charge in [0.1, 0.15) is 12.1 Å². The maximum Gasteiger partial charge on any atom is 0.251 e. The van der Waals surface area contributed by atoms with Crippen LogP contribution in [0, 0.1) is 0 Å². The van der Waals surface area contributed by atoms with Gasteiger partial charge in [-0.05, 0) is 72.5 Å². The van der Waals surface area contributed by atoms with E-state index in [2.05, 4.69) is 21.3 Å². The molecule has 12 heteroatoms. The van der Waals surface area contributed by atoms with E-state index in [1.165, 1.54) is 21.6 Å². The molecule has 0 aliphatic heterocycles. The Morgan fingerprint density at radius 2 is 0.875 bits per heavy atom. The number of hydrogen-bond acceptors (Lipinski definition) is 6. The minimum absolute atomic E-state index is 0.217. The minimum atomic E-state index is -0.858. The van der Waals surface area contributed by atoms with Crippen LogP contribution in [0.1, 0.15) is 31.8 Å². The molecule has 4 aromatic rings. The summed E-state index contributed by atoms with van der Waals surface area (Å²) in [6.45, 7) is 0.797. The second kappa shape index (κ2) is 19.8. The molecule has 4 aromatic carbocycles. The summed E-state index contributed by atoms with van der Waals surface area (Å²) in [5, 5.41) is 12.5. The van der Waals surface area contributed by atoms with Crippen molar-refractivity contribution < 1.29 is 19.2 Å². The molecule has 0 aliphatic rings. The van der Waals surface area contributed by atoms with Crippen LogP contribution in [0.25, 0.3) is 0 Å². The number of benzene rings is 4. The third-order valence-corrected chi connectivity index (χ3v) is 10.0. The number of rotatable bonds is 17. The van der Waals surface area contributed by atoms with E-state index in [0.717, 1.165) is 11.1 Å². The van der Waals surface area contributed by atoms with Crippen molar-refractivity contribution in [2.45, 2.75) is 24.9 Å². The lowest BCUT2D eigenvalue weighted by atomic mass is 10.1. The first-order valence-corrected chi connectivity index (χ1v) is 18.5. The van der Waals surface area contributed by atoms with Crippen LogP contribution < -0.4 is 21.3 Å². The van der Waals surface area contributed by atoms with Crippen molar-refractivity contribution in [3.8, 4) is 0 Å². The molecule has 0 radical (unpaired) electrons. The number of nitrogens with one attached hydrogen (secondary N) is 4. The molecule has 0 saturated heterocycles. The van der Waals surface area contributed by atoms with Crippen LogP contribution in [0.4, 0.5) is 0 Å². The predicted octanol–water partition coefficient (Wildman–Crippen LogP) is 5.99. The van der Waals surface area contributed by atoms with Gasteiger partial charge in [0, 0.05) is 45.8 Å². The van der Waals surface area contributed by atoms with Crippen LogP contribution >= 0.6 is 44.8 Å². The molecule has 4 amide bonds. The van der Waals surface area contributed by atoms with Gasteiger partial charge in [-0.25, -0.2) is 0 Å². The summed E-state index contributed by atoms with van der Waals surface area (Å²) in [6, 6.07) is 30.7. The van der Waals surface area contributed by atoms with Crippen molar-refractivity contribution >= 4 is 68.4 Å². The molecule has 2 atom stereocenters. The highest BCUT2D eigenvalue weighted by atomic mass is 35.5. The van der Waals surface area contributed by atoms with Gasteiger partial charge in [-0.3, -0.25) is 19.2 Å². The molecule has 4 rings (SSSR count). The number of carbonyl (C=O) groups is 4. The van der Waals surface area contributed by atoms with E-state index >= 15 is 0 Å². The second-order valence-corrected chi connectivity index (χ2v) is 14.1. The van der Waals surface area contributed by atoms with Crippen LogP contribution in [0.3, 0.4) is 0 Å². The predicted molar refractivity (Wildman–Crippen MR) is 197 cm³/mol. The van der Waals surface area contributed by atoms with E-state index in [9.17, 15) is 19.2 Å². The third-order valence-electron chi connectivity index (χ3n) is 7.12. The molecule has 4 N–H and O–H groups in total. The van der Waals surface area contributed by atoms with Crippen LogP contribution in [0.5, 0.6) is 0 Å². The number of halogens is 2. The highest BCUT2D eigenvalue weighted by Gasteiger charge is 2.24. The number of carbonyl (C=O) groups excluding carboxylic acids is 4. The standard InChI is InChI=1S/C36H36Cl2N4O4S2/c37-29-15-11-27(12-16-29)33(43)41-31(35(45)39-21-19-25-7-3-1-4-8-25)23-47-48-24-32(42-34(44)28-13-17-30(38)18-14-28)36(46)40-22-20-26-9-5-2-6-10-26/h1-18,31-32H,19-24H2,(H,39,45)(H,40,46)(H,41,43)(H,42,44)/t31-,32-/m0/s1. The van der Waals surface area contributed by atoms with Gasteiger partial charge in [0.25, 0.3) is 11.8 Å². The Morgan fingerprint density at radius 1 is 0.521 bits per heavy atom. The van der Waals surface area contributed by atoms with Crippen LogP contribution in [0.2, 0.25) is 10.0 Å². The van der Waals surface area contributed by atoms with E-state index in [-0.39, 0.29) is 23.3 Å². The zero-order chi connectivity index (χ0) is 34.1. The number of amides is 4. The van der Waals surface area contributed by atoms with Crippen LogP contribution in [0.15, 0.2) is 109 Å². The van der Waals surface area contributed by atoms with Crippen LogP contribution in [-0.4, -0.2) is 60.3 Å². The molecule has 0 aliphatic carbocycles. The molecule has 250 valence electrons. The largest absolute Gasteiger partial charge is 0.354 e. The average molecular weight is 724 g/mol. The van der Waals surface area contributed by atoms with E-state index in [1.54, 1.807) is 48.5 Å². The van der Waals surface area contributed by atoms with Gasteiger partial charge in [-0.15, -0.1) is 0 Å². The summed E-state index contributed by atoms with van der Waals surface area (Å²) in [6.07, 6.45) is 1.28. The molecular formula is C36H36Cl2N4O4S2. The maximum atomic E-state index is 13.3. The van der Waals surface area contributed by atoms with Crippen molar-refractivity contribution in [1.29, 1.82) is 0 Å². The maximum absolute atomic E-state index is 13.3. The summed E-state index contributed by atoms with van der Waals surface area (Å²) in [4.78, 5) is 52.5. The molecule has 0 aromatic heterocycles. The van der Waals surface area contributed by atoms with E-state index < -0.39 is 23.9 Å².